The van der Waals surface area contributed by atoms with E-state index in [9.17, 15) is 14.7 Å². The number of carbonyl (C=O) groups excluding carboxylic acids is 1. The van der Waals surface area contributed by atoms with Crippen molar-refractivity contribution in [3.05, 3.63) is 17.7 Å². The van der Waals surface area contributed by atoms with Crippen molar-refractivity contribution in [1.29, 1.82) is 0 Å². The van der Waals surface area contributed by atoms with Gasteiger partial charge in [0.05, 0.1) is 21.3 Å². The molecule has 1 amide bonds. The van der Waals surface area contributed by atoms with Crippen LogP contribution in [0.2, 0.25) is 0 Å². The van der Waals surface area contributed by atoms with Gasteiger partial charge in [-0.1, -0.05) is 12.8 Å². The largest absolute Gasteiger partial charge is 0.493 e. The molecule has 0 saturated heterocycles. The fourth-order valence-corrected chi connectivity index (χ4v) is 3.24. The number of carboxylic acids is 1. The minimum absolute atomic E-state index is 0.188. The number of aliphatic carboxylic acids is 1. The van der Waals surface area contributed by atoms with Gasteiger partial charge in [0.15, 0.2) is 11.5 Å². The molecule has 1 aromatic rings. The van der Waals surface area contributed by atoms with Crippen molar-refractivity contribution in [1.82, 2.24) is 5.32 Å². The molecule has 0 aromatic heterocycles. The molecule has 2 N–H and O–H groups in total. The molecule has 0 unspecified atom stereocenters. The molecular formula is C18H25NO6. The molecule has 1 aliphatic rings. The highest BCUT2D eigenvalue weighted by atomic mass is 16.5. The maximum Gasteiger partial charge on any atom is 0.329 e. The number of carbonyl (C=O) groups is 2. The molecule has 0 atom stereocenters. The average Bonchev–Trinajstić information content (AvgIpc) is 3.08. The normalized spacial score (nSPS) is 15.5. The third-order valence-electron chi connectivity index (χ3n) is 4.61. The number of nitrogens with one attached hydrogen (secondary N) is 1. The summed E-state index contributed by atoms with van der Waals surface area (Å²) in [6, 6.07) is 3.58. The Morgan fingerprint density at radius 3 is 2.08 bits per heavy atom. The van der Waals surface area contributed by atoms with Gasteiger partial charge in [-0.15, -0.1) is 0 Å². The highest BCUT2D eigenvalue weighted by molar-refractivity contribution is 5.87. The van der Waals surface area contributed by atoms with Gasteiger partial charge >= 0.3 is 5.97 Å². The third-order valence-corrected chi connectivity index (χ3v) is 4.61. The number of rotatable bonds is 8. The van der Waals surface area contributed by atoms with Crippen LogP contribution in [0.15, 0.2) is 12.1 Å². The van der Waals surface area contributed by atoms with Crippen molar-refractivity contribution in [3.8, 4) is 17.2 Å². The monoisotopic (exact) mass is 351 g/mol. The van der Waals surface area contributed by atoms with E-state index >= 15 is 0 Å². The number of hydrogen-bond donors (Lipinski definition) is 2. The smallest absolute Gasteiger partial charge is 0.329 e. The number of ether oxygens (including phenoxy) is 3. The van der Waals surface area contributed by atoms with Crippen molar-refractivity contribution >= 4 is 11.9 Å². The van der Waals surface area contributed by atoms with E-state index < -0.39 is 11.5 Å². The van der Waals surface area contributed by atoms with Gasteiger partial charge < -0.3 is 24.6 Å². The highest BCUT2D eigenvalue weighted by Crippen LogP contribution is 2.38. The zero-order chi connectivity index (χ0) is 18.4. The Hall–Kier alpha value is -2.44. The molecule has 1 aromatic carbocycles. The summed E-state index contributed by atoms with van der Waals surface area (Å²) >= 11 is 0. The van der Waals surface area contributed by atoms with E-state index in [1.54, 1.807) is 12.1 Å². The Balaban J connectivity index is 2.05. The molecule has 7 nitrogen and oxygen atoms in total. The summed E-state index contributed by atoms with van der Waals surface area (Å²) in [6.45, 7) is 0. The quantitative estimate of drug-likeness (QED) is 0.745. The topological polar surface area (TPSA) is 94.1 Å². The van der Waals surface area contributed by atoms with Crippen molar-refractivity contribution in [3.63, 3.8) is 0 Å². The summed E-state index contributed by atoms with van der Waals surface area (Å²) in [5.74, 6) is 0.322. The van der Waals surface area contributed by atoms with Crippen LogP contribution in [0.5, 0.6) is 17.2 Å². The lowest BCUT2D eigenvalue weighted by Crippen LogP contribution is -2.52. The Kier molecular flexibility index (Phi) is 6.12. The molecule has 1 aliphatic carbocycles. The van der Waals surface area contributed by atoms with E-state index in [-0.39, 0.29) is 12.3 Å². The van der Waals surface area contributed by atoms with Crippen LogP contribution in [-0.2, 0) is 16.0 Å². The number of benzene rings is 1. The molecule has 25 heavy (non-hydrogen) atoms. The van der Waals surface area contributed by atoms with Gasteiger partial charge in [0.1, 0.15) is 5.54 Å². The number of amides is 1. The zero-order valence-corrected chi connectivity index (χ0v) is 14.9. The van der Waals surface area contributed by atoms with Gasteiger partial charge in [0.25, 0.3) is 0 Å². The maximum absolute atomic E-state index is 12.3. The summed E-state index contributed by atoms with van der Waals surface area (Å²) in [4.78, 5) is 23.8. The van der Waals surface area contributed by atoms with Crippen molar-refractivity contribution < 1.29 is 28.9 Å². The Labute approximate surface area is 147 Å². The first kappa shape index (κ1) is 18.9. The van der Waals surface area contributed by atoms with Crippen LogP contribution >= 0.6 is 0 Å². The summed E-state index contributed by atoms with van der Waals surface area (Å²) in [5, 5.41) is 12.1. The van der Waals surface area contributed by atoms with E-state index in [1.807, 2.05) is 0 Å². The number of hydrogen-bond acceptors (Lipinski definition) is 5. The van der Waals surface area contributed by atoms with E-state index in [2.05, 4.69) is 5.32 Å². The molecule has 0 heterocycles. The summed E-state index contributed by atoms with van der Waals surface area (Å²) < 4.78 is 15.9. The average molecular weight is 351 g/mol. The van der Waals surface area contributed by atoms with Gasteiger partial charge in [-0.25, -0.2) is 4.79 Å². The lowest BCUT2D eigenvalue weighted by Gasteiger charge is -2.25. The second-order valence-electron chi connectivity index (χ2n) is 6.18. The fourth-order valence-electron chi connectivity index (χ4n) is 3.24. The van der Waals surface area contributed by atoms with Gasteiger partial charge in [0.2, 0.25) is 11.7 Å². The van der Waals surface area contributed by atoms with Crippen LogP contribution in [-0.4, -0.2) is 43.9 Å². The fraction of sp³-hybridized carbons (Fsp3) is 0.556. The lowest BCUT2D eigenvalue weighted by atomic mass is 9.97. The first-order chi connectivity index (χ1) is 12.0. The Morgan fingerprint density at radius 2 is 1.64 bits per heavy atom. The molecular weight excluding hydrogens is 326 g/mol. The second-order valence-corrected chi connectivity index (χ2v) is 6.18. The van der Waals surface area contributed by atoms with Gasteiger partial charge in [0, 0.05) is 6.42 Å². The minimum atomic E-state index is -1.10. The first-order valence-electron chi connectivity index (χ1n) is 8.29. The summed E-state index contributed by atoms with van der Waals surface area (Å²) in [5.41, 5.74) is -0.257. The van der Waals surface area contributed by atoms with Crippen molar-refractivity contribution in [2.45, 2.75) is 44.1 Å². The van der Waals surface area contributed by atoms with Crippen LogP contribution in [0, 0.1) is 0 Å². The van der Waals surface area contributed by atoms with Crippen LogP contribution in [0.1, 0.15) is 37.7 Å². The van der Waals surface area contributed by atoms with Crippen molar-refractivity contribution in [2.24, 2.45) is 0 Å². The van der Waals surface area contributed by atoms with Gasteiger partial charge in [-0.05, 0) is 37.0 Å². The number of carboxylic acid groups (broad SMARTS) is 1. The Bertz CT molecular complexity index is 611. The van der Waals surface area contributed by atoms with E-state index in [4.69, 9.17) is 14.2 Å². The molecule has 1 saturated carbocycles. The van der Waals surface area contributed by atoms with Crippen LogP contribution in [0.3, 0.4) is 0 Å². The predicted octanol–water partition coefficient (Wildman–Crippen LogP) is 2.16. The number of aryl methyl sites for hydroxylation is 1. The lowest BCUT2D eigenvalue weighted by molar-refractivity contribution is -0.147. The standard InChI is InChI=1S/C18H25NO6/c1-23-13-10-12(11-14(24-2)16(13)25-3)6-7-15(20)19-18(17(21)22)8-4-5-9-18/h10-11H,4-9H2,1-3H3,(H,19,20)(H,21,22). The molecule has 2 rings (SSSR count). The molecule has 0 aliphatic heterocycles. The number of methoxy groups -OCH3 is 3. The molecule has 138 valence electrons. The zero-order valence-electron chi connectivity index (χ0n) is 14.9. The van der Waals surface area contributed by atoms with Crippen molar-refractivity contribution in [2.75, 3.05) is 21.3 Å². The van der Waals surface area contributed by atoms with E-state index in [0.717, 1.165) is 18.4 Å². The molecule has 0 bridgehead atoms. The first-order valence-corrected chi connectivity index (χ1v) is 8.29. The van der Waals surface area contributed by atoms with Crippen LogP contribution in [0.25, 0.3) is 0 Å². The molecule has 1 fully saturated rings. The SMILES string of the molecule is COc1cc(CCC(=O)NC2(C(=O)O)CCCC2)cc(OC)c1OC. The van der Waals surface area contributed by atoms with Gasteiger partial charge in [-0.3, -0.25) is 4.79 Å². The second kappa shape index (κ2) is 8.09. The Morgan fingerprint density at radius 1 is 1.08 bits per heavy atom. The van der Waals surface area contributed by atoms with E-state index in [0.29, 0.717) is 36.5 Å². The third kappa shape index (κ3) is 4.15. The minimum Gasteiger partial charge on any atom is -0.493 e. The molecule has 7 heteroatoms. The maximum atomic E-state index is 12.3. The molecule has 0 spiro atoms. The highest BCUT2D eigenvalue weighted by Gasteiger charge is 2.42. The predicted molar refractivity (Wildman–Crippen MR) is 91.4 cm³/mol. The molecule has 0 radical (unpaired) electrons. The summed E-state index contributed by atoms with van der Waals surface area (Å²) in [7, 11) is 4.59. The summed E-state index contributed by atoms with van der Waals surface area (Å²) in [6.07, 6.45) is 3.24. The van der Waals surface area contributed by atoms with E-state index in [1.165, 1.54) is 21.3 Å². The van der Waals surface area contributed by atoms with Crippen LogP contribution < -0.4 is 19.5 Å². The van der Waals surface area contributed by atoms with Gasteiger partial charge in [-0.2, -0.15) is 0 Å². The van der Waals surface area contributed by atoms with Crippen LogP contribution in [0.4, 0.5) is 0 Å².